The highest BCUT2D eigenvalue weighted by molar-refractivity contribution is 5.91. The maximum absolute atomic E-state index is 12.7. The van der Waals surface area contributed by atoms with Crippen LogP contribution in [0.2, 0.25) is 0 Å². The van der Waals surface area contributed by atoms with Crippen LogP contribution in [-0.2, 0) is 0 Å². The first-order valence-electron chi connectivity index (χ1n) is 7.33. The molecule has 0 bridgehead atoms. The normalized spacial score (nSPS) is 19.5. The molecule has 3 rings (SSSR count). The highest BCUT2D eigenvalue weighted by Crippen LogP contribution is 2.30. The Hall–Kier alpha value is -2.11. The molecule has 0 N–H and O–H groups in total. The Morgan fingerprint density at radius 3 is 2.81 bits per heavy atom. The topological polar surface area (TPSA) is 72.4 Å². The van der Waals surface area contributed by atoms with Gasteiger partial charge in [-0.3, -0.25) is 4.79 Å². The fourth-order valence-corrected chi connectivity index (χ4v) is 2.76. The largest absolute Gasteiger partial charge is 0.456 e. The van der Waals surface area contributed by atoms with Crippen molar-refractivity contribution in [3.05, 3.63) is 35.4 Å². The Labute approximate surface area is 123 Å². The summed E-state index contributed by atoms with van der Waals surface area (Å²) >= 11 is 0. The van der Waals surface area contributed by atoms with Crippen molar-refractivity contribution in [3.8, 4) is 0 Å². The van der Waals surface area contributed by atoms with Gasteiger partial charge in [-0.05, 0) is 31.9 Å². The van der Waals surface area contributed by atoms with E-state index < -0.39 is 0 Å². The maximum atomic E-state index is 12.7. The molecular formula is C15H19N3O3. The van der Waals surface area contributed by atoms with Crippen LogP contribution in [-0.4, -0.2) is 27.5 Å². The summed E-state index contributed by atoms with van der Waals surface area (Å²) in [6.07, 6.45) is 4.00. The molecule has 1 atom stereocenters. The van der Waals surface area contributed by atoms with E-state index in [0.29, 0.717) is 24.0 Å². The van der Waals surface area contributed by atoms with Crippen molar-refractivity contribution >= 4 is 5.91 Å². The molecule has 0 aromatic carbocycles. The maximum Gasteiger partial charge on any atom is 0.290 e. The Morgan fingerprint density at radius 2 is 2.14 bits per heavy atom. The number of nitrogens with zero attached hydrogens (tertiary/aromatic N) is 3. The van der Waals surface area contributed by atoms with Gasteiger partial charge in [-0.2, -0.15) is 4.98 Å². The number of amides is 1. The smallest absolute Gasteiger partial charge is 0.290 e. The quantitative estimate of drug-likeness (QED) is 0.849. The van der Waals surface area contributed by atoms with Crippen LogP contribution >= 0.6 is 0 Å². The molecule has 1 fully saturated rings. The zero-order chi connectivity index (χ0) is 14.8. The molecular weight excluding hydrogens is 270 g/mol. The minimum absolute atomic E-state index is 0.0996. The van der Waals surface area contributed by atoms with Crippen LogP contribution in [0.4, 0.5) is 0 Å². The number of hydrogen-bond acceptors (Lipinski definition) is 5. The van der Waals surface area contributed by atoms with Gasteiger partial charge in [-0.25, -0.2) is 0 Å². The molecule has 1 amide bonds. The lowest BCUT2D eigenvalue weighted by atomic mass is 10.1. The fourth-order valence-electron chi connectivity index (χ4n) is 2.76. The number of aryl methyl sites for hydroxylation is 2. The Balaban J connectivity index is 1.90. The third-order valence-electron chi connectivity index (χ3n) is 3.81. The average molecular weight is 289 g/mol. The van der Waals surface area contributed by atoms with Crippen LogP contribution in [0.25, 0.3) is 0 Å². The van der Waals surface area contributed by atoms with Gasteiger partial charge in [0, 0.05) is 13.5 Å². The SMILES string of the molecule is Cc1ccc(C(=O)N2CCCCC[C@H]2c2noc(C)n2)o1. The Morgan fingerprint density at radius 1 is 1.29 bits per heavy atom. The van der Waals surface area contributed by atoms with E-state index in [0.717, 1.165) is 31.4 Å². The number of carbonyl (C=O) groups excluding carboxylic acids is 1. The zero-order valence-electron chi connectivity index (χ0n) is 12.3. The van der Waals surface area contributed by atoms with E-state index in [1.54, 1.807) is 19.1 Å². The van der Waals surface area contributed by atoms with Crippen LogP contribution in [0.3, 0.4) is 0 Å². The molecule has 2 aromatic rings. The predicted octanol–water partition coefficient (Wildman–Crippen LogP) is 3.04. The van der Waals surface area contributed by atoms with Gasteiger partial charge in [0.25, 0.3) is 5.91 Å². The summed E-state index contributed by atoms with van der Waals surface area (Å²) in [7, 11) is 0. The predicted molar refractivity (Wildman–Crippen MR) is 74.7 cm³/mol. The van der Waals surface area contributed by atoms with Gasteiger partial charge < -0.3 is 13.8 Å². The van der Waals surface area contributed by atoms with Gasteiger partial charge in [-0.15, -0.1) is 0 Å². The van der Waals surface area contributed by atoms with Gasteiger partial charge >= 0.3 is 0 Å². The Kier molecular flexibility index (Phi) is 3.77. The molecule has 0 unspecified atom stereocenters. The van der Waals surface area contributed by atoms with E-state index in [1.165, 1.54) is 0 Å². The summed E-state index contributed by atoms with van der Waals surface area (Å²) in [5, 5.41) is 4.00. The number of aromatic nitrogens is 2. The van der Waals surface area contributed by atoms with E-state index in [-0.39, 0.29) is 11.9 Å². The summed E-state index contributed by atoms with van der Waals surface area (Å²) in [5.74, 6) is 2.12. The van der Waals surface area contributed by atoms with Crippen molar-refractivity contribution in [2.75, 3.05) is 6.54 Å². The van der Waals surface area contributed by atoms with Gasteiger partial charge in [0.2, 0.25) is 5.89 Å². The van der Waals surface area contributed by atoms with Gasteiger partial charge in [0.05, 0.1) is 6.04 Å². The van der Waals surface area contributed by atoms with E-state index >= 15 is 0 Å². The van der Waals surface area contributed by atoms with Crippen molar-refractivity contribution in [2.45, 2.75) is 45.6 Å². The third kappa shape index (κ3) is 2.84. The summed E-state index contributed by atoms with van der Waals surface area (Å²) < 4.78 is 10.5. The second-order valence-electron chi connectivity index (χ2n) is 5.45. The van der Waals surface area contributed by atoms with Crippen LogP contribution < -0.4 is 0 Å². The van der Waals surface area contributed by atoms with Crippen LogP contribution in [0, 0.1) is 13.8 Å². The second-order valence-corrected chi connectivity index (χ2v) is 5.45. The molecule has 112 valence electrons. The zero-order valence-corrected chi connectivity index (χ0v) is 12.3. The standard InChI is InChI=1S/C15H19N3O3/c1-10-7-8-13(20-10)15(19)18-9-5-3-4-6-12(18)14-16-11(2)21-17-14/h7-8,12H,3-6,9H2,1-2H3/t12-/m0/s1. The summed E-state index contributed by atoms with van der Waals surface area (Å²) in [4.78, 5) is 18.8. The number of likely N-dealkylation sites (tertiary alicyclic amines) is 1. The monoisotopic (exact) mass is 289 g/mol. The van der Waals surface area contributed by atoms with Crippen molar-refractivity contribution in [1.29, 1.82) is 0 Å². The molecule has 3 heterocycles. The first kappa shape index (κ1) is 13.9. The molecule has 1 saturated heterocycles. The molecule has 0 radical (unpaired) electrons. The first-order valence-corrected chi connectivity index (χ1v) is 7.33. The minimum Gasteiger partial charge on any atom is -0.456 e. The van der Waals surface area contributed by atoms with Crippen LogP contribution in [0.15, 0.2) is 21.1 Å². The van der Waals surface area contributed by atoms with Crippen molar-refractivity contribution in [1.82, 2.24) is 15.0 Å². The molecule has 0 spiro atoms. The molecule has 21 heavy (non-hydrogen) atoms. The van der Waals surface area contributed by atoms with Crippen molar-refractivity contribution < 1.29 is 13.7 Å². The number of hydrogen-bond donors (Lipinski definition) is 0. The number of furan rings is 1. The highest BCUT2D eigenvalue weighted by Gasteiger charge is 2.31. The van der Waals surface area contributed by atoms with Crippen LogP contribution in [0.1, 0.15) is 59.8 Å². The lowest BCUT2D eigenvalue weighted by molar-refractivity contribution is 0.0636. The molecule has 6 nitrogen and oxygen atoms in total. The number of rotatable bonds is 2. The van der Waals surface area contributed by atoms with E-state index in [1.807, 2.05) is 11.8 Å². The summed E-state index contributed by atoms with van der Waals surface area (Å²) in [6.45, 7) is 4.28. The van der Waals surface area contributed by atoms with Crippen molar-refractivity contribution in [2.24, 2.45) is 0 Å². The Bertz CT molecular complexity index is 632. The van der Waals surface area contributed by atoms with Crippen molar-refractivity contribution in [3.63, 3.8) is 0 Å². The first-order chi connectivity index (χ1) is 10.1. The molecule has 1 aliphatic rings. The lowest BCUT2D eigenvalue weighted by Gasteiger charge is -2.26. The molecule has 1 aliphatic heterocycles. The fraction of sp³-hybridized carbons (Fsp3) is 0.533. The second kappa shape index (κ2) is 5.71. The average Bonchev–Trinajstić information content (AvgIpc) is 3.00. The van der Waals surface area contributed by atoms with E-state index in [4.69, 9.17) is 8.94 Å². The number of carbonyl (C=O) groups is 1. The van der Waals surface area contributed by atoms with E-state index in [9.17, 15) is 4.79 Å². The van der Waals surface area contributed by atoms with Gasteiger partial charge in [0.1, 0.15) is 5.76 Å². The van der Waals surface area contributed by atoms with Gasteiger partial charge in [-0.1, -0.05) is 18.0 Å². The van der Waals surface area contributed by atoms with E-state index in [2.05, 4.69) is 10.1 Å². The summed E-state index contributed by atoms with van der Waals surface area (Å²) in [5.41, 5.74) is 0. The van der Waals surface area contributed by atoms with Gasteiger partial charge in [0.15, 0.2) is 11.6 Å². The summed E-state index contributed by atoms with van der Waals surface area (Å²) in [6, 6.07) is 3.39. The molecule has 2 aromatic heterocycles. The third-order valence-corrected chi connectivity index (χ3v) is 3.81. The minimum atomic E-state index is -0.136. The molecule has 0 saturated carbocycles. The highest BCUT2D eigenvalue weighted by atomic mass is 16.5. The lowest BCUT2D eigenvalue weighted by Crippen LogP contribution is -2.35. The molecule has 0 aliphatic carbocycles. The van der Waals surface area contributed by atoms with Crippen LogP contribution in [0.5, 0.6) is 0 Å². The molecule has 6 heteroatoms.